The molecule has 12 nitrogen and oxygen atoms in total. The van der Waals surface area contributed by atoms with E-state index >= 15 is 0 Å². The van der Waals surface area contributed by atoms with E-state index < -0.39 is 5.82 Å². The number of amides is 2. The summed E-state index contributed by atoms with van der Waals surface area (Å²) in [7, 11) is 0. The minimum Gasteiger partial charge on any atom is -0.490 e. The fourth-order valence-electron chi connectivity index (χ4n) is 8.62. The molecule has 292 valence electrons. The van der Waals surface area contributed by atoms with Gasteiger partial charge in [0.05, 0.1) is 17.3 Å². The van der Waals surface area contributed by atoms with Gasteiger partial charge in [0.2, 0.25) is 5.91 Å². The number of rotatable bonds is 13. The van der Waals surface area contributed by atoms with E-state index in [0.29, 0.717) is 18.1 Å². The van der Waals surface area contributed by atoms with Crippen molar-refractivity contribution in [2.45, 2.75) is 98.4 Å². The topological polar surface area (TPSA) is 116 Å². The van der Waals surface area contributed by atoms with E-state index in [4.69, 9.17) is 14.5 Å². The van der Waals surface area contributed by atoms with Crippen LogP contribution in [0.25, 0.3) is 0 Å². The van der Waals surface area contributed by atoms with Gasteiger partial charge >= 0.3 is 0 Å². The number of ether oxygens (including phenoxy) is 2. The summed E-state index contributed by atoms with van der Waals surface area (Å²) in [5, 5.41) is 3.07. The van der Waals surface area contributed by atoms with Gasteiger partial charge in [0, 0.05) is 88.1 Å². The van der Waals surface area contributed by atoms with Crippen LogP contribution >= 0.6 is 0 Å². The van der Waals surface area contributed by atoms with Crippen molar-refractivity contribution in [3.63, 3.8) is 0 Å². The molecule has 1 saturated carbocycles. The second-order valence-corrected chi connectivity index (χ2v) is 15.7. The molecule has 7 rings (SSSR count). The Morgan fingerprint density at radius 2 is 1.78 bits per heavy atom. The second-order valence-electron chi connectivity index (χ2n) is 15.7. The molecular formula is C41H57FN8O4. The number of benzene rings is 1. The summed E-state index contributed by atoms with van der Waals surface area (Å²) in [6, 6.07) is 6.00. The Morgan fingerprint density at radius 3 is 2.48 bits per heavy atom. The fourth-order valence-corrected chi connectivity index (χ4v) is 8.62. The predicted molar refractivity (Wildman–Crippen MR) is 206 cm³/mol. The number of hydrogen-bond donors (Lipinski definition) is 1. The van der Waals surface area contributed by atoms with Crippen molar-refractivity contribution in [3.05, 3.63) is 65.6 Å². The van der Waals surface area contributed by atoms with Crippen molar-refractivity contribution >= 4 is 17.6 Å². The molecule has 2 amide bonds. The number of anilines is 1. The number of fused-ring (bicyclic) bond motifs is 1. The standard InChI is InChI=1S/C39H51FN8O4.C2H6/c1-6-48(26(2)3)37(50)30-16-28(40)8-9-33(30)52-35-19-41-25-43-36(35)47-23-39(24-47)17-29(18-39)51-34-10-12-42-32-11-15-45(20-31(32)34)13-7-14-46-21-38(5,22-46)44-27(4)49;1-2/h8-10,12,16,19,25-26,29H,6-7,11,13-15,17-18,20-24H2,1-5H3,(H,44,49);1-2H3. The van der Waals surface area contributed by atoms with Gasteiger partial charge in [0.1, 0.15) is 29.7 Å². The lowest BCUT2D eigenvalue weighted by molar-refractivity contribution is -0.123. The molecule has 13 heteroatoms. The lowest BCUT2D eigenvalue weighted by Crippen LogP contribution is -2.68. The molecule has 3 aliphatic heterocycles. The van der Waals surface area contributed by atoms with Crippen molar-refractivity contribution in [2.75, 3.05) is 57.3 Å². The molecule has 0 radical (unpaired) electrons. The molecule has 3 fully saturated rings. The molecule has 0 unspecified atom stereocenters. The summed E-state index contributed by atoms with van der Waals surface area (Å²) in [5.41, 5.74) is 2.57. The van der Waals surface area contributed by atoms with E-state index in [0.717, 1.165) is 89.5 Å². The highest BCUT2D eigenvalue weighted by Crippen LogP contribution is 2.52. The third-order valence-corrected chi connectivity index (χ3v) is 11.0. The zero-order valence-electron chi connectivity index (χ0n) is 33.0. The highest BCUT2D eigenvalue weighted by Gasteiger charge is 2.54. The number of carbonyl (C=O) groups is 2. The van der Waals surface area contributed by atoms with Crippen molar-refractivity contribution in [2.24, 2.45) is 5.41 Å². The predicted octanol–water partition coefficient (Wildman–Crippen LogP) is 5.71. The molecule has 2 saturated heterocycles. The highest BCUT2D eigenvalue weighted by molar-refractivity contribution is 5.97. The van der Waals surface area contributed by atoms with Gasteiger partial charge in [-0.05, 0) is 84.3 Å². The molecule has 1 aromatic carbocycles. The van der Waals surface area contributed by atoms with E-state index in [-0.39, 0.29) is 46.2 Å². The number of pyridine rings is 1. The number of aromatic nitrogens is 3. The lowest BCUT2D eigenvalue weighted by Gasteiger charge is -2.59. The summed E-state index contributed by atoms with van der Waals surface area (Å²) in [4.78, 5) is 47.1. The van der Waals surface area contributed by atoms with Crippen LogP contribution in [0, 0.1) is 11.2 Å². The van der Waals surface area contributed by atoms with Crippen LogP contribution in [0.1, 0.15) is 89.3 Å². The molecular weight excluding hydrogens is 688 g/mol. The van der Waals surface area contributed by atoms with Crippen LogP contribution in [0.4, 0.5) is 10.2 Å². The van der Waals surface area contributed by atoms with E-state index in [1.54, 1.807) is 18.0 Å². The van der Waals surface area contributed by atoms with Gasteiger partial charge in [-0.25, -0.2) is 14.4 Å². The van der Waals surface area contributed by atoms with Crippen molar-refractivity contribution in [1.29, 1.82) is 0 Å². The quantitative estimate of drug-likeness (QED) is 0.234. The monoisotopic (exact) mass is 744 g/mol. The lowest BCUT2D eigenvalue weighted by atomic mass is 9.61. The Labute approximate surface area is 319 Å². The molecule has 54 heavy (non-hydrogen) atoms. The van der Waals surface area contributed by atoms with Gasteiger partial charge < -0.3 is 24.6 Å². The van der Waals surface area contributed by atoms with Gasteiger partial charge in [0.25, 0.3) is 5.91 Å². The number of nitrogens with one attached hydrogen (secondary N) is 1. The molecule has 4 aliphatic rings. The molecule has 3 aromatic rings. The minimum absolute atomic E-state index is 0.0358. The van der Waals surface area contributed by atoms with Gasteiger partial charge in [-0.1, -0.05) is 13.8 Å². The fraction of sp³-hybridized carbons (Fsp3) is 0.585. The third kappa shape index (κ3) is 8.62. The molecule has 2 aromatic heterocycles. The first-order chi connectivity index (χ1) is 25.9. The van der Waals surface area contributed by atoms with Crippen LogP contribution in [0.5, 0.6) is 17.2 Å². The minimum atomic E-state index is -0.497. The first kappa shape index (κ1) is 39.3. The summed E-state index contributed by atoms with van der Waals surface area (Å²) < 4.78 is 27.2. The molecule has 0 atom stereocenters. The maximum atomic E-state index is 14.3. The smallest absolute Gasteiger partial charge is 0.257 e. The average Bonchev–Trinajstić information content (AvgIpc) is 3.10. The number of likely N-dealkylation sites (tertiary alicyclic amines) is 1. The van der Waals surface area contributed by atoms with Crippen molar-refractivity contribution < 1.29 is 23.5 Å². The Kier molecular flexibility index (Phi) is 12.1. The molecule has 0 bridgehead atoms. The van der Waals surface area contributed by atoms with Crippen molar-refractivity contribution in [3.8, 4) is 17.2 Å². The molecule has 1 N–H and O–H groups in total. The molecule has 1 spiro atoms. The first-order valence-corrected chi connectivity index (χ1v) is 19.6. The number of carbonyl (C=O) groups excluding carboxylic acids is 2. The van der Waals surface area contributed by atoms with E-state index in [2.05, 4.69) is 36.9 Å². The van der Waals surface area contributed by atoms with Gasteiger partial charge in [-0.2, -0.15) is 0 Å². The third-order valence-electron chi connectivity index (χ3n) is 11.0. The largest absolute Gasteiger partial charge is 0.490 e. The van der Waals surface area contributed by atoms with E-state index in [9.17, 15) is 14.0 Å². The van der Waals surface area contributed by atoms with Crippen LogP contribution in [0.15, 0.2) is 43.0 Å². The average molecular weight is 745 g/mol. The summed E-state index contributed by atoms with van der Waals surface area (Å²) >= 11 is 0. The number of hydrogen-bond acceptors (Lipinski definition) is 10. The van der Waals surface area contributed by atoms with Gasteiger partial charge in [-0.3, -0.25) is 24.4 Å². The number of nitrogens with zero attached hydrogens (tertiary/aromatic N) is 7. The Bertz CT molecular complexity index is 1790. The van der Waals surface area contributed by atoms with Gasteiger partial charge in [0.15, 0.2) is 11.6 Å². The van der Waals surface area contributed by atoms with Gasteiger partial charge in [-0.15, -0.1) is 0 Å². The Balaban J connectivity index is 0.00000245. The Hall–Kier alpha value is -4.36. The molecule has 5 heterocycles. The maximum Gasteiger partial charge on any atom is 0.257 e. The summed E-state index contributed by atoms with van der Waals surface area (Å²) in [5.74, 6) is 1.57. The van der Waals surface area contributed by atoms with Crippen LogP contribution in [0.3, 0.4) is 0 Å². The van der Waals surface area contributed by atoms with Crippen LogP contribution < -0.4 is 19.7 Å². The summed E-state index contributed by atoms with van der Waals surface area (Å²) in [6.07, 6.45) is 9.03. The van der Waals surface area contributed by atoms with Crippen LogP contribution in [0.2, 0.25) is 0 Å². The zero-order chi connectivity index (χ0) is 38.6. The second kappa shape index (κ2) is 16.6. The van der Waals surface area contributed by atoms with E-state index in [1.165, 1.54) is 30.1 Å². The number of halogens is 1. The Morgan fingerprint density at radius 1 is 1.04 bits per heavy atom. The van der Waals surface area contributed by atoms with E-state index in [1.807, 2.05) is 46.9 Å². The highest BCUT2D eigenvalue weighted by atomic mass is 19.1. The zero-order valence-corrected chi connectivity index (χ0v) is 33.0. The van der Waals surface area contributed by atoms with Crippen molar-refractivity contribution in [1.82, 2.24) is 35.0 Å². The van der Waals surface area contributed by atoms with Crippen LogP contribution in [-0.2, 0) is 17.8 Å². The SMILES string of the molecule is CC.CCN(C(=O)c1cc(F)ccc1Oc1cncnc1N1CC2(CC(Oc3ccnc4c3CN(CCCN3CC(C)(NC(C)=O)C3)CC4)C2)C1)C(C)C. The van der Waals surface area contributed by atoms with Crippen LogP contribution in [-0.4, -0.2) is 112 Å². The first-order valence-electron chi connectivity index (χ1n) is 19.6. The normalized spacial score (nSPS) is 18.7. The summed E-state index contributed by atoms with van der Waals surface area (Å²) in [6.45, 7) is 21.3. The molecule has 1 aliphatic carbocycles. The maximum absolute atomic E-state index is 14.3.